The van der Waals surface area contributed by atoms with E-state index in [0.29, 0.717) is 0 Å². The number of rotatable bonds is 3. The quantitative estimate of drug-likeness (QED) is 0.380. The van der Waals surface area contributed by atoms with E-state index < -0.39 is 24.7 Å². The van der Waals surface area contributed by atoms with Gasteiger partial charge in [-0.25, -0.2) is 0 Å². The first-order valence-corrected chi connectivity index (χ1v) is 2.36. The van der Waals surface area contributed by atoms with E-state index in [2.05, 4.69) is 5.73 Å². The maximum absolute atomic E-state index is 10.0. The zero-order chi connectivity index (χ0) is 7.44. The van der Waals surface area contributed by atoms with E-state index in [1.54, 1.807) is 0 Å². The van der Waals surface area contributed by atoms with Crippen LogP contribution in [0.5, 0.6) is 0 Å². The summed E-state index contributed by atoms with van der Waals surface area (Å²) in [5.74, 6) is -1.04. The number of carbonyl (C=O) groups is 1. The predicted molar refractivity (Wildman–Crippen MR) is 35.5 cm³/mol. The SMILES string of the molecule is Cl.NC(=O)[C@H](O)[C@@H](O)CO. The van der Waals surface area contributed by atoms with Crippen molar-refractivity contribution in [1.82, 2.24) is 0 Å². The Kier molecular flexibility index (Phi) is 6.69. The topological polar surface area (TPSA) is 104 Å². The molecule has 0 spiro atoms. The third-order valence-electron chi connectivity index (χ3n) is 0.843. The van der Waals surface area contributed by atoms with Gasteiger partial charge >= 0.3 is 0 Å². The van der Waals surface area contributed by atoms with Gasteiger partial charge in [0.15, 0.2) is 6.10 Å². The van der Waals surface area contributed by atoms with Crippen molar-refractivity contribution in [2.45, 2.75) is 12.2 Å². The summed E-state index contributed by atoms with van der Waals surface area (Å²) < 4.78 is 0. The van der Waals surface area contributed by atoms with Gasteiger partial charge in [-0.3, -0.25) is 4.79 Å². The van der Waals surface area contributed by atoms with Gasteiger partial charge in [-0.1, -0.05) is 0 Å². The highest BCUT2D eigenvalue weighted by atomic mass is 35.5. The van der Waals surface area contributed by atoms with Crippen LogP contribution < -0.4 is 5.73 Å². The summed E-state index contributed by atoms with van der Waals surface area (Å²) >= 11 is 0. The van der Waals surface area contributed by atoms with Crippen LogP contribution in [0.4, 0.5) is 0 Å². The van der Waals surface area contributed by atoms with Crippen molar-refractivity contribution in [3.8, 4) is 0 Å². The number of hydrogen-bond acceptors (Lipinski definition) is 4. The van der Waals surface area contributed by atoms with Crippen molar-refractivity contribution in [3.05, 3.63) is 0 Å². The molecular formula is C4H10ClNO4. The second kappa shape index (κ2) is 5.43. The van der Waals surface area contributed by atoms with Crippen LogP contribution in [0, 0.1) is 0 Å². The lowest BCUT2D eigenvalue weighted by atomic mass is 10.2. The van der Waals surface area contributed by atoms with Gasteiger partial charge in [-0.2, -0.15) is 0 Å². The van der Waals surface area contributed by atoms with Crippen LogP contribution in [0.25, 0.3) is 0 Å². The van der Waals surface area contributed by atoms with Crippen LogP contribution in [0.1, 0.15) is 0 Å². The average molecular weight is 172 g/mol. The minimum absolute atomic E-state index is 0. The molecule has 0 radical (unpaired) electrons. The molecule has 2 atom stereocenters. The number of halogens is 1. The zero-order valence-corrected chi connectivity index (χ0v) is 5.91. The Morgan fingerprint density at radius 2 is 1.90 bits per heavy atom. The standard InChI is InChI=1S/C4H9NO4.ClH/c5-4(9)3(8)2(7)1-6;/h2-3,6-8H,1H2,(H2,5,9);1H/t2-,3+;/m0./s1. The van der Waals surface area contributed by atoms with Crippen LogP contribution in [-0.4, -0.2) is 40.0 Å². The van der Waals surface area contributed by atoms with Gasteiger partial charge in [0, 0.05) is 0 Å². The molecule has 0 aromatic heterocycles. The first kappa shape index (κ1) is 12.3. The minimum atomic E-state index is -1.67. The monoisotopic (exact) mass is 171 g/mol. The molecule has 0 aliphatic carbocycles. The smallest absolute Gasteiger partial charge is 0.249 e. The van der Waals surface area contributed by atoms with Gasteiger partial charge in [0.25, 0.3) is 0 Å². The minimum Gasteiger partial charge on any atom is -0.394 e. The number of aliphatic hydroxyl groups is 3. The van der Waals surface area contributed by atoms with Crippen LogP contribution in [-0.2, 0) is 4.79 Å². The van der Waals surface area contributed by atoms with E-state index in [-0.39, 0.29) is 12.4 Å². The second-order valence-corrected chi connectivity index (χ2v) is 1.60. The summed E-state index contributed by atoms with van der Waals surface area (Å²) in [6, 6.07) is 0. The first-order chi connectivity index (χ1) is 4.09. The molecule has 0 unspecified atom stereocenters. The Morgan fingerprint density at radius 1 is 1.50 bits per heavy atom. The molecule has 0 saturated heterocycles. The molecule has 0 bridgehead atoms. The third kappa shape index (κ3) is 3.62. The Bertz CT molecular complexity index is 109. The molecule has 0 saturated carbocycles. The normalized spacial score (nSPS) is 15.1. The fourth-order valence-electron chi connectivity index (χ4n) is 0.289. The Balaban J connectivity index is 0. The fraction of sp³-hybridized carbons (Fsp3) is 0.750. The Hall–Kier alpha value is -0.360. The highest BCUT2D eigenvalue weighted by molar-refractivity contribution is 5.85. The molecule has 6 heteroatoms. The van der Waals surface area contributed by atoms with Crippen molar-refractivity contribution in [3.63, 3.8) is 0 Å². The number of nitrogens with two attached hydrogens (primary N) is 1. The molecule has 62 valence electrons. The predicted octanol–water partition coefficient (Wildman–Crippen LogP) is -2.39. The largest absolute Gasteiger partial charge is 0.394 e. The van der Waals surface area contributed by atoms with E-state index in [0.717, 1.165) is 0 Å². The van der Waals surface area contributed by atoms with Crippen LogP contribution >= 0.6 is 12.4 Å². The molecule has 10 heavy (non-hydrogen) atoms. The van der Waals surface area contributed by atoms with Crippen molar-refractivity contribution in [2.24, 2.45) is 5.73 Å². The van der Waals surface area contributed by atoms with Crippen molar-refractivity contribution >= 4 is 18.3 Å². The molecule has 1 amide bonds. The van der Waals surface area contributed by atoms with Crippen molar-refractivity contribution in [2.75, 3.05) is 6.61 Å². The molecule has 0 heterocycles. The number of aliphatic hydroxyl groups excluding tert-OH is 3. The maximum Gasteiger partial charge on any atom is 0.249 e. The number of amides is 1. The zero-order valence-electron chi connectivity index (χ0n) is 5.10. The fourth-order valence-corrected chi connectivity index (χ4v) is 0.289. The van der Waals surface area contributed by atoms with E-state index in [1.165, 1.54) is 0 Å². The second-order valence-electron chi connectivity index (χ2n) is 1.60. The molecule has 0 aromatic carbocycles. The van der Waals surface area contributed by atoms with Gasteiger partial charge in [0.1, 0.15) is 6.10 Å². The highest BCUT2D eigenvalue weighted by Gasteiger charge is 2.19. The molecule has 5 N–H and O–H groups in total. The third-order valence-corrected chi connectivity index (χ3v) is 0.843. The van der Waals surface area contributed by atoms with E-state index in [9.17, 15) is 4.79 Å². The highest BCUT2D eigenvalue weighted by Crippen LogP contribution is 1.89. The number of primary amides is 1. The Morgan fingerprint density at radius 3 is 2.00 bits per heavy atom. The molecule has 0 aliphatic rings. The first-order valence-electron chi connectivity index (χ1n) is 2.36. The lowest BCUT2D eigenvalue weighted by Crippen LogP contribution is -2.40. The number of carbonyl (C=O) groups excluding carboxylic acids is 1. The van der Waals surface area contributed by atoms with Crippen LogP contribution in [0.2, 0.25) is 0 Å². The van der Waals surface area contributed by atoms with Crippen molar-refractivity contribution < 1.29 is 20.1 Å². The van der Waals surface area contributed by atoms with Crippen LogP contribution in [0.3, 0.4) is 0 Å². The van der Waals surface area contributed by atoms with E-state index in [4.69, 9.17) is 15.3 Å². The number of hydrogen-bond donors (Lipinski definition) is 4. The summed E-state index contributed by atoms with van der Waals surface area (Å²) in [5.41, 5.74) is 4.55. The maximum atomic E-state index is 10.0. The molecule has 0 rings (SSSR count). The van der Waals surface area contributed by atoms with Gasteiger partial charge < -0.3 is 21.1 Å². The van der Waals surface area contributed by atoms with Gasteiger partial charge in [-0.15, -0.1) is 12.4 Å². The molecule has 0 aliphatic heterocycles. The molecular weight excluding hydrogens is 161 g/mol. The van der Waals surface area contributed by atoms with Crippen LogP contribution in [0.15, 0.2) is 0 Å². The van der Waals surface area contributed by atoms with E-state index in [1.807, 2.05) is 0 Å². The van der Waals surface area contributed by atoms with Gasteiger partial charge in [-0.05, 0) is 0 Å². The summed E-state index contributed by atoms with van der Waals surface area (Å²) in [7, 11) is 0. The van der Waals surface area contributed by atoms with E-state index >= 15 is 0 Å². The molecule has 5 nitrogen and oxygen atoms in total. The van der Waals surface area contributed by atoms with Gasteiger partial charge in [0.2, 0.25) is 5.91 Å². The lowest BCUT2D eigenvalue weighted by Gasteiger charge is -2.10. The lowest BCUT2D eigenvalue weighted by molar-refractivity contribution is -0.133. The summed E-state index contributed by atoms with van der Waals surface area (Å²) in [5, 5.41) is 25.1. The summed E-state index contributed by atoms with van der Waals surface area (Å²) in [6.45, 7) is -0.676. The van der Waals surface area contributed by atoms with Crippen molar-refractivity contribution in [1.29, 1.82) is 0 Å². The molecule has 0 aromatic rings. The Labute approximate surface area is 63.9 Å². The average Bonchev–Trinajstić information content (AvgIpc) is 1.84. The van der Waals surface area contributed by atoms with Gasteiger partial charge in [0.05, 0.1) is 6.61 Å². The summed E-state index contributed by atoms with van der Waals surface area (Å²) in [4.78, 5) is 10.0. The summed E-state index contributed by atoms with van der Waals surface area (Å²) in [6.07, 6.45) is -3.14. The molecule has 0 fully saturated rings.